The zero-order valence-corrected chi connectivity index (χ0v) is 16.8. The van der Waals surface area contributed by atoms with Gasteiger partial charge in [0.1, 0.15) is 6.04 Å². The molecule has 0 saturated heterocycles. The van der Waals surface area contributed by atoms with Crippen LogP contribution < -0.4 is 16.0 Å². The molecule has 1 atom stereocenters. The summed E-state index contributed by atoms with van der Waals surface area (Å²) in [6.45, 7) is 1.72. The number of anilines is 2. The van der Waals surface area contributed by atoms with Crippen LogP contribution in [0.3, 0.4) is 0 Å². The van der Waals surface area contributed by atoms with Crippen molar-refractivity contribution in [3.8, 4) is 0 Å². The zero-order valence-electron chi connectivity index (χ0n) is 14.5. The number of hydrogen-bond donors (Lipinski definition) is 3. The van der Waals surface area contributed by atoms with Crippen LogP contribution in [0.15, 0.2) is 36.4 Å². The van der Waals surface area contributed by atoms with Gasteiger partial charge in [0.05, 0.1) is 20.8 Å². The average Bonchev–Trinajstić information content (AvgIpc) is 3.44. The first kappa shape index (κ1) is 19.8. The molecule has 0 heterocycles. The van der Waals surface area contributed by atoms with E-state index in [0.29, 0.717) is 32.4 Å². The van der Waals surface area contributed by atoms with Crippen LogP contribution in [0.2, 0.25) is 15.1 Å². The topological polar surface area (TPSA) is 70.2 Å². The third-order valence-corrected chi connectivity index (χ3v) is 5.14. The summed E-state index contributed by atoms with van der Waals surface area (Å²) < 4.78 is 0. The predicted molar refractivity (Wildman–Crippen MR) is 110 cm³/mol. The summed E-state index contributed by atoms with van der Waals surface area (Å²) in [5, 5.41) is 9.65. The Hall–Kier alpha value is -1.95. The largest absolute Gasteiger partial charge is 0.374 e. The lowest BCUT2D eigenvalue weighted by Gasteiger charge is -2.16. The monoisotopic (exact) mass is 425 g/mol. The van der Waals surface area contributed by atoms with Crippen molar-refractivity contribution in [3.05, 3.63) is 57.0 Å². The van der Waals surface area contributed by atoms with Gasteiger partial charge in [-0.2, -0.15) is 0 Å². The number of rotatable bonds is 6. The molecule has 27 heavy (non-hydrogen) atoms. The van der Waals surface area contributed by atoms with Crippen LogP contribution >= 0.6 is 34.8 Å². The van der Waals surface area contributed by atoms with Gasteiger partial charge < -0.3 is 16.0 Å². The van der Waals surface area contributed by atoms with E-state index in [1.54, 1.807) is 31.2 Å². The second kappa shape index (κ2) is 8.38. The van der Waals surface area contributed by atoms with Gasteiger partial charge in [0.15, 0.2) is 0 Å². The fourth-order valence-corrected chi connectivity index (χ4v) is 2.98. The van der Waals surface area contributed by atoms with E-state index in [1.807, 2.05) is 0 Å². The molecule has 5 nitrogen and oxygen atoms in total. The molecule has 0 radical (unpaired) electrons. The van der Waals surface area contributed by atoms with E-state index in [1.165, 1.54) is 12.1 Å². The van der Waals surface area contributed by atoms with E-state index >= 15 is 0 Å². The van der Waals surface area contributed by atoms with E-state index in [0.717, 1.165) is 18.5 Å². The Kier molecular flexibility index (Phi) is 6.15. The molecule has 1 unspecified atom stereocenters. The average molecular weight is 427 g/mol. The first-order valence-corrected chi connectivity index (χ1v) is 9.60. The first-order chi connectivity index (χ1) is 12.8. The fourth-order valence-electron chi connectivity index (χ4n) is 2.39. The molecule has 142 valence electrons. The normalized spacial score (nSPS) is 14.4. The van der Waals surface area contributed by atoms with Gasteiger partial charge in [-0.25, -0.2) is 0 Å². The minimum absolute atomic E-state index is 0.0795. The van der Waals surface area contributed by atoms with Crippen LogP contribution in [0, 0.1) is 0 Å². The van der Waals surface area contributed by atoms with Gasteiger partial charge in [-0.1, -0.05) is 34.8 Å². The number of amides is 2. The van der Waals surface area contributed by atoms with Crippen molar-refractivity contribution < 1.29 is 9.59 Å². The highest BCUT2D eigenvalue weighted by molar-refractivity contribution is 6.44. The molecular weight excluding hydrogens is 409 g/mol. The quantitative estimate of drug-likeness (QED) is 0.571. The highest BCUT2D eigenvalue weighted by Gasteiger charge is 2.23. The summed E-state index contributed by atoms with van der Waals surface area (Å²) >= 11 is 17.9. The van der Waals surface area contributed by atoms with Crippen molar-refractivity contribution in [1.29, 1.82) is 0 Å². The van der Waals surface area contributed by atoms with Crippen LogP contribution in [-0.4, -0.2) is 23.9 Å². The lowest BCUT2D eigenvalue weighted by atomic mass is 10.1. The number of carbonyl (C=O) groups is 2. The Balaban J connectivity index is 1.59. The molecule has 1 fully saturated rings. The fraction of sp³-hybridized carbons (Fsp3) is 0.263. The summed E-state index contributed by atoms with van der Waals surface area (Å²) in [6.07, 6.45) is 2.09. The Morgan fingerprint density at radius 2 is 1.63 bits per heavy atom. The number of carbonyl (C=O) groups excluding carboxylic acids is 2. The van der Waals surface area contributed by atoms with Gasteiger partial charge in [-0.05, 0) is 56.2 Å². The van der Waals surface area contributed by atoms with E-state index in [9.17, 15) is 9.59 Å². The van der Waals surface area contributed by atoms with Gasteiger partial charge in [0, 0.05) is 17.3 Å². The Bertz CT molecular complexity index is 867. The summed E-state index contributed by atoms with van der Waals surface area (Å²) in [4.78, 5) is 24.4. The lowest BCUT2D eigenvalue weighted by molar-refractivity contribution is -0.116. The van der Waals surface area contributed by atoms with Crippen molar-refractivity contribution in [2.24, 2.45) is 0 Å². The van der Waals surface area contributed by atoms with Crippen molar-refractivity contribution in [2.75, 3.05) is 10.6 Å². The SMILES string of the molecule is CC(Nc1ccc(C(=O)NC2CC2)cc1)C(=O)Nc1cc(Cl)c(Cl)cc1Cl. The Labute approximate surface area is 172 Å². The molecule has 8 heteroatoms. The highest BCUT2D eigenvalue weighted by atomic mass is 35.5. The maximum Gasteiger partial charge on any atom is 0.251 e. The van der Waals surface area contributed by atoms with E-state index < -0.39 is 6.04 Å². The minimum Gasteiger partial charge on any atom is -0.374 e. The molecule has 0 spiro atoms. The van der Waals surface area contributed by atoms with Gasteiger partial charge in [-0.15, -0.1) is 0 Å². The van der Waals surface area contributed by atoms with Crippen molar-refractivity contribution >= 4 is 58.0 Å². The van der Waals surface area contributed by atoms with Gasteiger partial charge >= 0.3 is 0 Å². The van der Waals surface area contributed by atoms with Crippen LogP contribution in [-0.2, 0) is 4.79 Å². The second-order valence-electron chi connectivity index (χ2n) is 6.43. The van der Waals surface area contributed by atoms with E-state index in [4.69, 9.17) is 34.8 Å². The highest BCUT2D eigenvalue weighted by Crippen LogP contribution is 2.32. The molecule has 1 aliphatic carbocycles. The molecule has 1 aliphatic rings. The molecule has 0 aliphatic heterocycles. The van der Waals surface area contributed by atoms with Gasteiger partial charge in [-0.3, -0.25) is 9.59 Å². The molecule has 0 aromatic heterocycles. The number of benzene rings is 2. The molecule has 2 aromatic carbocycles. The molecular formula is C19H18Cl3N3O2. The maximum absolute atomic E-state index is 12.4. The van der Waals surface area contributed by atoms with Crippen molar-refractivity contribution in [3.63, 3.8) is 0 Å². The number of nitrogens with one attached hydrogen (secondary N) is 3. The van der Waals surface area contributed by atoms with E-state index in [-0.39, 0.29) is 11.8 Å². The summed E-state index contributed by atoms with van der Waals surface area (Å²) in [5.41, 5.74) is 1.70. The summed E-state index contributed by atoms with van der Waals surface area (Å²) in [6, 6.07) is 9.72. The first-order valence-electron chi connectivity index (χ1n) is 8.46. The molecule has 0 bridgehead atoms. The Morgan fingerprint density at radius 1 is 1.00 bits per heavy atom. The predicted octanol–water partition coefficient (Wildman–Crippen LogP) is 4.98. The summed E-state index contributed by atoms with van der Waals surface area (Å²) in [5.74, 6) is -0.366. The molecule has 2 amide bonds. The third kappa shape index (κ3) is 5.28. The zero-order chi connectivity index (χ0) is 19.6. The molecule has 3 N–H and O–H groups in total. The maximum atomic E-state index is 12.4. The van der Waals surface area contributed by atoms with E-state index in [2.05, 4.69) is 16.0 Å². The second-order valence-corrected chi connectivity index (χ2v) is 7.65. The third-order valence-electron chi connectivity index (χ3n) is 4.10. The van der Waals surface area contributed by atoms with Crippen LogP contribution in [0.1, 0.15) is 30.1 Å². The van der Waals surface area contributed by atoms with Crippen molar-refractivity contribution in [1.82, 2.24) is 5.32 Å². The van der Waals surface area contributed by atoms with Gasteiger partial charge in [0.25, 0.3) is 5.91 Å². The molecule has 2 aromatic rings. The minimum atomic E-state index is -0.540. The smallest absolute Gasteiger partial charge is 0.251 e. The Morgan fingerprint density at radius 3 is 2.26 bits per heavy atom. The number of halogens is 3. The van der Waals surface area contributed by atoms with Crippen molar-refractivity contribution in [2.45, 2.75) is 31.8 Å². The number of hydrogen-bond acceptors (Lipinski definition) is 3. The molecule has 1 saturated carbocycles. The standard InChI is InChI=1S/C19H18Cl3N3O2/c1-10(18(26)25-17-9-15(21)14(20)8-16(17)22)23-12-4-2-11(3-5-12)19(27)24-13-6-7-13/h2-5,8-10,13,23H,6-7H2,1H3,(H,24,27)(H,25,26). The molecule has 3 rings (SSSR count). The summed E-state index contributed by atoms with van der Waals surface area (Å²) in [7, 11) is 0. The van der Waals surface area contributed by atoms with Gasteiger partial charge in [0.2, 0.25) is 5.91 Å². The van der Waals surface area contributed by atoms with Crippen LogP contribution in [0.4, 0.5) is 11.4 Å². The van der Waals surface area contributed by atoms with Crippen LogP contribution in [0.25, 0.3) is 0 Å². The van der Waals surface area contributed by atoms with Crippen LogP contribution in [0.5, 0.6) is 0 Å². The lowest BCUT2D eigenvalue weighted by Crippen LogP contribution is -2.32.